The van der Waals surface area contributed by atoms with Crippen LogP contribution in [0.1, 0.15) is 32.6 Å². The Labute approximate surface area is 89.2 Å². The second-order valence-electron chi connectivity index (χ2n) is 3.75. The maximum absolute atomic E-state index is 11.2. The predicted octanol–water partition coefficient (Wildman–Crippen LogP) is 1.59. The largest absolute Gasteiger partial charge is 0.460 e. The molecule has 0 amide bonds. The van der Waals surface area contributed by atoms with E-state index >= 15 is 0 Å². The van der Waals surface area contributed by atoms with Gasteiger partial charge in [-0.3, -0.25) is 0 Å². The molecule has 1 saturated carbocycles. The Morgan fingerprint density at radius 1 is 1.33 bits per heavy atom. The molecule has 0 unspecified atom stereocenters. The van der Waals surface area contributed by atoms with Crippen molar-refractivity contribution in [1.29, 1.82) is 0 Å². The van der Waals surface area contributed by atoms with Crippen LogP contribution in [0.15, 0.2) is 12.2 Å². The van der Waals surface area contributed by atoms with Crippen LogP contribution < -0.4 is 0 Å². The summed E-state index contributed by atoms with van der Waals surface area (Å²) in [6.45, 7) is 4.62. The van der Waals surface area contributed by atoms with Crippen LogP contribution in [0.4, 0.5) is 0 Å². The Morgan fingerprint density at radius 2 is 1.93 bits per heavy atom. The lowest BCUT2D eigenvalue weighted by molar-refractivity contribution is -0.160. The van der Waals surface area contributed by atoms with E-state index < -0.39 is 11.9 Å². The van der Waals surface area contributed by atoms with Gasteiger partial charge in [0.15, 0.2) is 6.61 Å². The summed E-state index contributed by atoms with van der Waals surface area (Å²) in [7, 11) is 0. The number of carbonyl (C=O) groups is 2. The zero-order valence-electron chi connectivity index (χ0n) is 8.95. The second kappa shape index (κ2) is 5.53. The van der Waals surface area contributed by atoms with Gasteiger partial charge in [-0.05, 0) is 32.6 Å². The van der Waals surface area contributed by atoms with Crippen LogP contribution in [0.5, 0.6) is 0 Å². The first kappa shape index (κ1) is 11.8. The van der Waals surface area contributed by atoms with Crippen LogP contribution in [0, 0.1) is 0 Å². The van der Waals surface area contributed by atoms with Gasteiger partial charge in [0, 0.05) is 5.57 Å². The van der Waals surface area contributed by atoms with Crippen molar-refractivity contribution >= 4 is 11.9 Å². The molecular weight excluding hydrogens is 196 g/mol. The first-order chi connectivity index (χ1) is 7.09. The van der Waals surface area contributed by atoms with Crippen molar-refractivity contribution in [3.05, 3.63) is 12.2 Å². The van der Waals surface area contributed by atoms with E-state index in [9.17, 15) is 9.59 Å². The summed E-state index contributed by atoms with van der Waals surface area (Å²) in [4.78, 5) is 22.2. The molecule has 0 radical (unpaired) electrons. The molecule has 0 aromatic carbocycles. The average molecular weight is 212 g/mol. The molecule has 1 aliphatic rings. The first-order valence-electron chi connectivity index (χ1n) is 5.11. The van der Waals surface area contributed by atoms with E-state index in [0.29, 0.717) is 0 Å². The monoisotopic (exact) mass is 212 g/mol. The van der Waals surface area contributed by atoms with Gasteiger partial charge in [-0.15, -0.1) is 0 Å². The number of hydrogen-bond acceptors (Lipinski definition) is 4. The molecule has 0 heterocycles. The van der Waals surface area contributed by atoms with E-state index in [0.717, 1.165) is 25.7 Å². The fourth-order valence-corrected chi connectivity index (χ4v) is 1.47. The maximum Gasteiger partial charge on any atom is 0.344 e. The molecule has 4 heteroatoms. The third kappa shape index (κ3) is 4.14. The van der Waals surface area contributed by atoms with Crippen molar-refractivity contribution in [3.63, 3.8) is 0 Å². The van der Waals surface area contributed by atoms with Crippen molar-refractivity contribution < 1.29 is 19.1 Å². The summed E-state index contributed by atoms with van der Waals surface area (Å²) in [5.74, 6) is -1.03. The van der Waals surface area contributed by atoms with Gasteiger partial charge in [0.05, 0.1) is 0 Å². The van der Waals surface area contributed by atoms with Crippen molar-refractivity contribution in [2.75, 3.05) is 6.61 Å². The lowest BCUT2D eigenvalue weighted by Gasteiger charge is -2.11. The lowest BCUT2D eigenvalue weighted by atomic mass is 10.3. The Kier molecular flexibility index (Phi) is 4.34. The third-order valence-electron chi connectivity index (χ3n) is 2.27. The Balaban J connectivity index is 2.18. The summed E-state index contributed by atoms with van der Waals surface area (Å²) in [5, 5.41) is 0. The van der Waals surface area contributed by atoms with Crippen LogP contribution >= 0.6 is 0 Å². The Morgan fingerprint density at radius 3 is 2.47 bits per heavy atom. The Hall–Kier alpha value is -1.32. The summed E-state index contributed by atoms with van der Waals surface area (Å²) in [5.41, 5.74) is 0.281. The minimum absolute atomic E-state index is 0.0148. The SMILES string of the molecule is C=C(C)C(=O)OCC(=O)OC1CCCC1. The van der Waals surface area contributed by atoms with Crippen molar-refractivity contribution in [3.8, 4) is 0 Å². The molecule has 0 aromatic rings. The van der Waals surface area contributed by atoms with E-state index in [1.54, 1.807) is 0 Å². The minimum Gasteiger partial charge on any atom is -0.460 e. The maximum atomic E-state index is 11.2. The number of hydrogen-bond donors (Lipinski definition) is 0. The lowest BCUT2D eigenvalue weighted by Crippen LogP contribution is -2.21. The zero-order chi connectivity index (χ0) is 11.3. The smallest absolute Gasteiger partial charge is 0.344 e. The average Bonchev–Trinajstić information content (AvgIpc) is 2.66. The van der Waals surface area contributed by atoms with Gasteiger partial charge in [0.1, 0.15) is 6.10 Å². The van der Waals surface area contributed by atoms with E-state index in [1.807, 2.05) is 0 Å². The molecule has 0 N–H and O–H groups in total. The third-order valence-corrected chi connectivity index (χ3v) is 2.27. The summed E-state index contributed by atoms with van der Waals surface area (Å²) in [6, 6.07) is 0. The summed E-state index contributed by atoms with van der Waals surface area (Å²) >= 11 is 0. The van der Waals surface area contributed by atoms with Crippen molar-refractivity contribution in [1.82, 2.24) is 0 Å². The molecule has 1 aliphatic carbocycles. The highest BCUT2D eigenvalue weighted by Gasteiger charge is 2.19. The molecule has 0 atom stereocenters. The molecule has 1 fully saturated rings. The molecule has 4 nitrogen and oxygen atoms in total. The number of esters is 2. The number of carbonyl (C=O) groups excluding carboxylic acids is 2. The highest BCUT2D eigenvalue weighted by Crippen LogP contribution is 2.20. The molecule has 1 rings (SSSR count). The standard InChI is InChI=1S/C11H16O4/c1-8(2)11(13)14-7-10(12)15-9-5-3-4-6-9/h9H,1,3-7H2,2H3. The van der Waals surface area contributed by atoms with Gasteiger partial charge in [-0.2, -0.15) is 0 Å². The summed E-state index contributed by atoms with van der Waals surface area (Å²) in [6.07, 6.45) is 4.05. The zero-order valence-corrected chi connectivity index (χ0v) is 8.95. The first-order valence-corrected chi connectivity index (χ1v) is 5.11. The highest BCUT2D eigenvalue weighted by atomic mass is 16.6. The van der Waals surface area contributed by atoms with E-state index in [1.165, 1.54) is 6.92 Å². The molecule has 0 aromatic heterocycles. The molecule has 84 valence electrons. The normalized spacial score (nSPS) is 16.1. The van der Waals surface area contributed by atoms with Crippen LogP contribution in [-0.2, 0) is 19.1 Å². The predicted molar refractivity (Wildman–Crippen MR) is 54.1 cm³/mol. The molecule has 0 spiro atoms. The van der Waals surface area contributed by atoms with Gasteiger partial charge in [-0.25, -0.2) is 9.59 Å². The minimum atomic E-state index is -0.557. The van der Waals surface area contributed by atoms with Gasteiger partial charge in [-0.1, -0.05) is 6.58 Å². The molecular formula is C11H16O4. The quantitative estimate of drug-likeness (QED) is 0.524. The van der Waals surface area contributed by atoms with Gasteiger partial charge in [0.25, 0.3) is 0 Å². The van der Waals surface area contributed by atoms with Gasteiger partial charge < -0.3 is 9.47 Å². The van der Waals surface area contributed by atoms with Gasteiger partial charge in [0.2, 0.25) is 0 Å². The Bertz CT molecular complexity index is 264. The highest BCUT2D eigenvalue weighted by molar-refractivity contribution is 5.88. The second-order valence-corrected chi connectivity index (χ2v) is 3.75. The van der Waals surface area contributed by atoms with Crippen molar-refractivity contribution in [2.24, 2.45) is 0 Å². The van der Waals surface area contributed by atoms with Crippen LogP contribution in [-0.4, -0.2) is 24.6 Å². The van der Waals surface area contributed by atoms with E-state index in [-0.39, 0.29) is 18.3 Å². The summed E-state index contributed by atoms with van der Waals surface area (Å²) < 4.78 is 9.76. The number of ether oxygens (including phenoxy) is 2. The molecule has 0 bridgehead atoms. The molecule has 0 saturated heterocycles. The fraction of sp³-hybridized carbons (Fsp3) is 0.636. The fourth-order valence-electron chi connectivity index (χ4n) is 1.47. The molecule has 0 aliphatic heterocycles. The molecule has 15 heavy (non-hydrogen) atoms. The van der Waals surface area contributed by atoms with Crippen LogP contribution in [0.3, 0.4) is 0 Å². The van der Waals surface area contributed by atoms with E-state index in [4.69, 9.17) is 4.74 Å². The topological polar surface area (TPSA) is 52.6 Å². The number of rotatable bonds is 4. The van der Waals surface area contributed by atoms with Crippen LogP contribution in [0.25, 0.3) is 0 Å². The van der Waals surface area contributed by atoms with Gasteiger partial charge >= 0.3 is 11.9 Å². The van der Waals surface area contributed by atoms with Crippen LogP contribution in [0.2, 0.25) is 0 Å². The van der Waals surface area contributed by atoms with Crippen molar-refractivity contribution in [2.45, 2.75) is 38.7 Å². The van der Waals surface area contributed by atoms with E-state index in [2.05, 4.69) is 11.3 Å².